The van der Waals surface area contributed by atoms with Crippen molar-refractivity contribution in [3.63, 3.8) is 0 Å². The van der Waals surface area contributed by atoms with E-state index in [-0.39, 0.29) is 18.3 Å². The van der Waals surface area contributed by atoms with Crippen molar-refractivity contribution in [2.24, 2.45) is 0 Å². The molecule has 11 heavy (non-hydrogen) atoms. The largest absolute Gasteiger partial charge is 0.394 e. The maximum Gasteiger partial charge on any atom is 0.102 e. The van der Waals surface area contributed by atoms with Crippen LogP contribution < -0.4 is 6.15 Å². The van der Waals surface area contributed by atoms with Gasteiger partial charge in [-0.05, 0) is 0 Å². The first-order valence-electron chi connectivity index (χ1n) is 3.39. The molecule has 0 radical (unpaired) electrons. The van der Waals surface area contributed by atoms with Gasteiger partial charge in [-0.2, -0.15) is 0 Å². The fraction of sp³-hybridized carbons (Fsp3) is 1.00. The molecule has 2 aliphatic heterocycles. The topological polar surface area (TPSA) is 76.9 Å². The van der Waals surface area contributed by atoms with Gasteiger partial charge in [0.15, 0.2) is 0 Å². The predicted octanol–water partition coefficient (Wildman–Crippen LogP) is -0.843. The normalized spacial score (nSPS) is 28.1. The van der Waals surface area contributed by atoms with Gasteiger partial charge < -0.3 is 20.7 Å². The van der Waals surface area contributed by atoms with Crippen molar-refractivity contribution in [3.8, 4) is 0 Å². The van der Waals surface area contributed by atoms with Crippen molar-refractivity contribution in [2.45, 2.75) is 5.54 Å². The number of aliphatic hydroxyl groups is 1. The highest BCUT2D eigenvalue weighted by Gasteiger charge is 2.46. The van der Waals surface area contributed by atoms with Gasteiger partial charge >= 0.3 is 0 Å². The zero-order valence-corrected chi connectivity index (χ0v) is 6.45. The van der Waals surface area contributed by atoms with Gasteiger partial charge in [0.05, 0.1) is 25.4 Å². The molecule has 0 aromatic heterocycles. The number of rotatable bonds is 1. The molecule has 5 heteroatoms. The van der Waals surface area contributed by atoms with Crippen LogP contribution in [0.5, 0.6) is 0 Å². The third-order valence-electron chi connectivity index (χ3n) is 2.20. The first-order valence-corrected chi connectivity index (χ1v) is 3.39. The van der Waals surface area contributed by atoms with Crippen molar-refractivity contribution in [3.05, 3.63) is 0 Å². The van der Waals surface area contributed by atoms with Gasteiger partial charge in [-0.25, -0.2) is 4.90 Å². The SMILES string of the molecule is N.OCC12COCN1COC2. The molecule has 0 aromatic carbocycles. The van der Waals surface area contributed by atoms with Gasteiger partial charge in [-0.1, -0.05) is 0 Å². The van der Waals surface area contributed by atoms with E-state index in [4.69, 9.17) is 14.6 Å². The number of hydrogen-bond acceptors (Lipinski definition) is 5. The van der Waals surface area contributed by atoms with E-state index >= 15 is 0 Å². The summed E-state index contributed by atoms with van der Waals surface area (Å²) in [5, 5.41) is 9.03. The van der Waals surface area contributed by atoms with E-state index in [1.165, 1.54) is 0 Å². The lowest BCUT2D eigenvalue weighted by Crippen LogP contribution is -2.46. The molecule has 0 atom stereocenters. The molecule has 0 unspecified atom stereocenters. The van der Waals surface area contributed by atoms with Crippen molar-refractivity contribution < 1.29 is 14.6 Å². The minimum absolute atomic E-state index is 0. The monoisotopic (exact) mass is 162 g/mol. The fourth-order valence-electron chi connectivity index (χ4n) is 1.42. The Morgan fingerprint density at radius 3 is 2.18 bits per heavy atom. The molecule has 0 saturated carbocycles. The number of hydrogen-bond donors (Lipinski definition) is 2. The number of fused-ring (bicyclic) bond motifs is 1. The Kier molecular flexibility index (Phi) is 2.46. The summed E-state index contributed by atoms with van der Waals surface area (Å²) in [5.41, 5.74) is -0.208. The smallest absolute Gasteiger partial charge is 0.102 e. The molecular weight excluding hydrogens is 148 g/mol. The van der Waals surface area contributed by atoms with Gasteiger partial charge in [-0.15, -0.1) is 0 Å². The summed E-state index contributed by atoms with van der Waals surface area (Å²) in [6.45, 7) is 2.53. The van der Waals surface area contributed by atoms with E-state index in [9.17, 15) is 0 Å². The maximum atomic E-state index is 9.03. The zero-order valence-electron chi connectivity index (χ0n) is 6.45. The summed E-state index contributed by atoms with van der Waals surface area (Å²) in [5.74, 6) is 0. The third kappa shape index (κ3) is 1.15. The van der Waals surface area contributed by atoms with Crippen LogP contribution in [-0.2, 0) is 9.47 Å². The molecular formula is C6H14N2O3. The summed E-state index contributed by atoms with van der Waals surface area (Å²) >= 11 is 0. The number of nitrogens with zero attached hydrogens (tertiary/aromatic N) is 1. The van der Waals surface area contributed by atoms with E-state index in [1.54, 1.807) is 0 Å². The van der Waals surface area contributed by atoms with Gasteiger partial charge in [0.1, 0.15) is 13.5 Å². The van der Waals surface area contributed by atoms with E-state index in [0.29, 0.717) is 26.7 Å². The molecule has 2 aliphatic rings. The summed E-state index contributed by atoms with van der Waals surface area (Å²) < 4.78 is 10.4. The fourth-order valence-corrected chi connectivity index (χ4v) is 1.42. The minimum Gasteiger partial charge on any atom is -0.394 e. The van der Waals surface area contributed by atoms with Crippen molar-refractivity contribution in [1.29, 1.82) is 0 Å². The van der Waals surface area contributed by atoms with Gasteiger partial charge in [-0.3, -0.25) is 0 Å². The highest BCUT2D eigenvalue weighted by atomic mass is 16.6. The lowest BCUT2D eigenvalue weighted by atomic mass is 10.0. The first kappa shape index (κ1) is 8.89. The molecule has 0 aliphatic carbocycles. The molecule has 2 fully saturated rings. The van der Waals surface area contributed by atoms with Crippen LogP contribution in [-0.4, -0.2) is 48.8 Å². The molecule has 2 saturated heterocycles. The van der Waals surface area contributed by atoms with E-state index < -0.39 is 0 Å². The molecule has 5 nitrogen and oxygen atoms in total. The molecule has 0 spiro atoms. The van der Waals surface area contributed by atoms with Crippen LogP contribution in [0.1, 0.15) is 0 Å². The molecule has 2 rings (SSSR count). The summed E-state index contributed by atoms with van der Waals surface area (Å²) in [6.07, 6.45) is 0. The Hall–Kier alpha value is -0.200. The Morgan fingerprint density at radius 2 is 1.82 bits per heavy atom. The van der Waals surface area contributed by atoms with Crippen molar-refractivity contribution in [2.75, 3.05) is 33.3 Å². The van der Waals surface area contributed by atoms with Gasteiger partial charge in [0.25, 0.3) is 0 Å². The standard InChI is InChI=1S/C6H11NO3.H3N/c8-1-6-2-9-4-7(6)5-10-3-6;/h8H,1-5H2;1H3. The first-order chi connectivity index (χ1) is 4.87. The molecule has 4 N–H and O–H groups in total. The van der Waals surface area contributed by atoms with Gasteiger partial charge in [0.2, 0.25) is 0 Å². The average Bonchev–Trinajstić information content (AvgIpc) is 2.42. The summed E-state index contributed by atoms with van der Waals surface area (Å²) in [4.78, 5) is 2.02. The van der Waals surface area contributed by atoms with Crippen LogP contribution in [0.4, 0.5) is 0 Å². The lowest BCUT2D eigenvalue weighted by molar-refractivity contribution is 0.0693. The minimum atomic E-state index is -0.208. The summed E-state index contributed by atoms with van der Waals surface area (Å²) in [6, 6.07) is 0. The maximum absolute atomic E-state index is 9.03. The van der Waals surface area contributed by atoms with E-state index in [0.717, 1.165) is 0 Å². The van der Waals surface area contributed by atoms with Crippen LogP contribution in [0.25, 0.3) is 0 Å². The Labute approximate surface area is 65.5 Å². The second kappa shape index (κ2) is 3.04. The van der Waals surface area contributed by atoms with Crippen LogP contribution in [0, 0.1) is 0 Å². The molecule has 0 bridgehead atoms. The Bertz CT molecular complexity index is 132. The molecule has 0 aromatic rings. The highest BCUT2D eigenvalue weighted by molar-refractivity contribution is 4.94. The third-order valence-corrected chi connectivity index (χ3v) is 2.20. The molecule has 66 valence electrons. The highest BCUT2D eigenvalue weighted by Crippen LogP contribution is 2.27. The number of ether oxygens (including phenoxy) is 2. The quantitative estimate of drug-likeness (QED) is 0.525. The van der Waals surface area contributed by atoms with Gasteiger partial charge in [0, 0.05) is 0 Å². The van der Waals surface area contributed by atoms with Crippen LogP contribution in [0.15, 0.2) is 0 Å². The molecule has 2 heterocycles. The van der Waals surface area contributed by atoms with Crippen molar-refractivity contribution in [1.82, 2.24) is 11.1 Å². The average molecular weight is 162 g/mol. The van der Waals surface area contributed by atoms with Crippen LogP contribution in [0.2, 0.25) is 0 Å². The van der Waals surface area contributed by atoms with Crippen molar-refractivity contribution >= 4 is 0 Å². The Balaban J connectivity index is 0.000000605. The Morgan fingerprint density at radius 1 is 1.27 bits per heavy atom. The molecule has 0 amide bonds. The zero-order chi connectivity index (χ0) is 7.03. The van der Waals surface area contributed by atoms with Crippen LogP contribution >= 0.6 is 0 Å². The van der Waals surface area contributed by atoms with E-state index in [1.807, 2.05) is 4.90 Å². The number of aliphatic hydroxyl groups excluding tert-OH is 1. The predicted molar refractivity (Wildman–Crippen MR) is 38.3 cm³/mol. The lowest BCUT2D eigenvalue weighted by Gasteiger charge is -2.23. The van der Waals surface area contributed by atoms with Crippen LogP contribution in [0.3, 0.4) is 0 Å². The van der Waals surface area contributed by atoms with E-state index in [2.05, 4.69) is 0 Å². The summed E-state index contributed by atoms with van der Waals surface area (Å²) in [7, 11) is 0. The second-order valence-corrected chi connectivity index (χ2v) is 2.88. The second-order valence-electron chi connectivity index (χ2n) is 2.88.